The van der Waals surface area contributed by atoms with E-state index in [4.69, 9.17) is 0 Å². The zero-order valence-corrected chi connectivity index (χ0v) is 10.0. The Hall–Kier alpha value is -0.710. The molecule has 2 rings (SSSR count). The summed E-state index contributed by atoms with van der Waals surface area (Å²) in [6.45, 7) is 0. The second-order valence-electron chi connectivity index (χ2n) is 3.96. The summed E-state index contributed by atoms with van der Waals surface area (Å²) in [5.41, 5.74) is 0.108. The molecule has 0 atom stereocenters. The molecule has 0 radical (unpaired) electrons. The van der Waals surface area contributed by atoms with Gasteiger partial charge in [0.15, 0.2) is 0 Å². The first-order valence-corrected chi connectivity index (χ1v) is 5.89. The minimum absolute atomic E-state index is 0.410. The van der Waals surface area contributed by atoms with Gasteiger partial charge in [-0.15, -0.1) is 0 Å². The van der Waals surface area contributed by atoms with Gasteiger partial charge in [-0.2, -0.15) is 13.2 Å². The van der Waals surface area contributed by atoms with Crippen molar-refractivity contribution in [1.29, 1.82) is 0 Å². The Morgan fingerprint density at radius 1 is 1.25 bits per heavy atom. The molecule has 0 saturated heterocycles. The maximum atomic E-state index is 12.4. The summed E-state index contributed by atoms with van der Waals surface area (Å²) >= 11 is 3.16. The fourth-order valence-electron chi connectivity index (χ4n) is 1.58. The number of hydrogen-bond acceptors (Lipinski definition) is 1. The van der Waals surface area contributed by atoms with Gasteiger partial charge in [-0.3, -0.25) is 0 Å². The van der Waals surface area contributed by atoms with Crippen molar-refractivity contribution >= 4 is 21.6 Å². The quantitative estimate of drug-likeness (QED) is 0.850. The third-order valence-electron chi connectivity index (χ3n) is 2.76. The zero-order valence-electron chi connectivity index (χ0n) is 8.44. The average molecular weight is 294 g/mol. The number of anilines is 1. The van der Waals surface area contributed by atoms with Crippen LogP contribution in [0.2, 0.25) is 0 Å². The minimum Gasteiger partial charge on any atom is -0.381 e. The Balaban J connectivity index is 2.15. The molecule has 1 nitrogen and oxygen atoms in total. The summed E-state index contributed by atoms with van der Waals surface area (Å²) in [7, 11) is 0. The molecule has 0 aliphatic heterocycles. The molecule has 1 aliphatic rings. The standard InChI is InChI=1S/C11H11BrF3N/c12-9-6-7(11(13,14)15)4-5-10(9)16-8-2-1-3-8/h4-6,8,16H,1-3H2. The lowest BCUT2D eigenvalue weighted by molar-refractivity contribution is -0.137. The highest BCUT2D eigenvalue weighted by Crippen LogP contribution is 2.35. The number of alkyl halides is 3. The Kier molecular flexibility index (Phi) is 3.15. The van der Waals surface area contributed by atoms with Crippen LogP contribution in [0.3, 0.4) is 0 Å². The van der Waals surface area contributed by atoms with Crippen molar-refractivity contribution in [3.63, 3.8) is 0 Å². The first kappa shape index (κ1) is 11.8. The Labute approximate surface area is 100 Å². The van der Waals surface area contributed by atoms with E-state index in [-0.39, 0.29) is 0 Å². The normalized spacial score (nSPS) is 17.0. The highest BCUT2D eigenvalue weighted by molar-refractivity contribution is 9.10. The van der Waals surface area contributed by atoms with Gasteiger partial charge in [0.05, 0.1) is 5.56 Å². The van der Waals surface area contributed by atoms with E-state index in [9.17, 15) is 13.2 Å². The maximum Gasteiger partial charge on any atom is 0.416 e. The monoisotopic (exact) mass is 293 g/mol. The van der Waals surface area contributed by atoms with Crippen LogP contribution in [0.5, 0.6) is 0 Å². The highest BCUT2D eigenvalue weighted by atomic mass is 79.9. The van der Waals surface area contributed by atoms with E-state index in [1.807, 2.05) is 0 Å². The fraction of sp³-hybridized carbons (Fsp3) is 0.455. The van der Waals surface area contributed by atoms with Gasteiger partial charge < -0.3 is 5.32 Å². The maximum absolute atomic E-state index is 12.4. The molecule has 0 aromatic heterocycles. The Morgan fingerprint density at radius 3 is 2.38 bits per heavy atom. The zero-order chi connectivity index (χ0) is 11.8. The predicted octanol–water partition coefficient (Wildman–Crippen LogP) is 4.43. The topological polar surface area (TPSA) is 12.0 Å². The molecule has 1 aliphatic carbocycles. The first-order chi connectivity index (χ1) is 7.47. The summed E-state index contributed by atoms with van der Waals surface area (Å²) in [4.78, 5) is 0. The minimum atomic E-state index is -4.28. The second-order valence-corrected chi connectivity index (χ2v) is 4.82. The molecule has 16 heavy (non-hydrogen) atoms. The molecule has 1 N–H and O–H groups in total. The first-order valence-electron chi connectivity index (χ1n) is 5.10. The van der Waals surface area contributed by atoms with Gasteiger partial charge in [-0.25, -0.2) is 0 Å². The second kappa shape index (κ2) is 4.28. The van der Waals surface area contributed by atoms with Crippen molar-refractivity contribution in [3.05, 3.63) is 28.2 Å². The van der Waals surface area contributed by atoms with Gasteiger partial charge in [0.2, 0.25) is 0 Å². The van der Waals surface area contributed by atoms with Crippen LogP contribution >= 0.6 is 15.9 Å². The molecule has 0 spiro atoms. The number of nitrogens with one attached hydrogen (secondary N) is 1. The number of rotatable bonds is 2. The molecule has 1 aromatic rings. The predicted molar refractivity (Wildman–Crippen MR) is 60.4 cm³/mol. The van der Waals surface area contributed by atoms with E-state index in [1.54, 1.807) is 0 Å². The third kappa shape index (κ3) is 2.51. The van der Waals surface area contributed by atoms with E-state index < -0.39 is 11.7 Å². The van der Waals surface area contributed by atoms with Crippen LogP contribution in [0.15, 0.2) is 22.7 Å². The Morgan fingerprint density at radius 2 is 1.94 bits per heavy atom. The summed E-state index contributed by atoms with van der Waals surface area (Å²) in [5.74, 6) is 0. The van der Waals surface area contributed by atoms with Gasteiger partial charge in [0.25, 0.3) is 0 Å². The van der Waals surface area contributed by atoms with Crippen molar-refractivity contribution in [2.75, 3.05) is 5.32 Å². The molecule has 0 bridgehead atoms. The molecular formula is C11H11BrF3N. The molecule has 88 valence electrons. The summed E-state index contributed by atoms with van der Waals surface area (Å²) in [5, 5.41) is 3.21. The molecule has 5 heteroatoms. The van der Waals surface area contributed by atoms with E-state index in [0.717, 1.165) is 30.7 Å². The van der Waals surface area contributed by atoms with Crippen LogP contribution in [-0.2, 0) is 6.18 Å². The van der Waals surface area contributed by atoms with Gasteiger partial charge in [0.1, 0.15) is 0 Å². The van der Waals surface area contributed by atoms with E-state index >= 15 is 0 Å². The van der Waals surface area contributed by atoms with Crippen LogP contribution in [0.25, 0.3) is 0 Å². The van der Waals surface area contributed by atoms with Crippen molar-refractivity contribution in [3.8, 4) is 0 Å². The molecule has 1 aromatic carbocycles. The lowest BCUT2D eigenvalue weighted by atomic mass is 9.93. The number of benzene rings is 1. The summed E-state index contributed by atoms with van der Waals surface area (Å²) < 4.78 is 37.7. The van der Waals surface area contributed by atoms with Crippen LogP contribution in [0.4, 0.5) is 18.9 Å². The van der Waals surface area contributed by atoms with Crippen molar-refractivity contribution in [2.45, 2.75) is 31.5 Å². The molecule has 0 heterocycles. The molecule has 1 saturated carbocycles. The van der Waals surface area contributed by atoms with Gasteiger partial charge in [-0.1, -0.05) is 0 Å². The molecule has 1 fully saturated rings. The SMILES string of the molecule is FC(F)(F)c1ccc(NC2CCC2)c(Br)c1. The van der Waals surface area contributed by atoms with Gasteiger partial charge in [0, 0.05) is 16.2 Å². The lowest BCUT2D eigenvalue weighted by Gasteiger charge is -2.28. The average Bonchev–Trinajstić information content (AvgIpc) is 2.11. The Bertz CT molecular complexity index is 385. The van der Waals surface area contributed by atoms with Crippen molar-refractivity contribution in [2.24, 2.45) is 0 Å². The van der Waals surface area contributed by atoms with Gasteiger partial charge >= 0.3 is 6.18 Å². The van der Waals surface area contributed by atoms with Gasteiger partial charge in [-0.05, 0) is 53.4 Å². The van der Waals surface area contributed by atoms with Crippen LogP contribution < -0.4 is 5.32 Å². The van der Waals surface area contributed by atoms with Crippen molar-refractivity contribution in [1.82, 2.24) is 0 Å². The highest BCUT2D eigenvalue weighted by Gasteiger charge is 2.31. The summed E-state index contributed by atoms with van der Waals surface area (Å²) in [6, 6.07) is 4.10. The van der Waals surface area contributed by atoms with Crippen molar-refractivity contribution < 1.29 is 13.2 Å². The lowest BCUT2D eigenvalue weighted by Crippen LogP contribution is -2.27. The van der Waals surface area contributed by atoms with E-state index in [2.05, 4.69) is 21.2 Å². The van der Waals surface area contributed by atoms with E-state index in [0.29, 0.717) is 10.5 Å². The molecule has 0 unspecified atom stereocenters. The fourth-order valence-corrected chi connectivity index (χ4v) is 2.07. The number of halogens is 4. The third-order valence-corrected chi connectivity index (χ3v) is 3.42. The summed E-state index contributed by atoms with van der Waals surface area (Å²) in [6.07, 6.45) is -0.908. The van der Waals surface area contributed by atoms with E-state index in [1.165, 1.54) is 12.5 Å². The largest absolute Gasteiger partial charge is 0.416 e. The number of hydrogen-bond donors (Lipinski definition) is 1. The molecule has 0 amide bonds. The smallest absolute Gasteiger partial charge is 0.381 e. The molecular weight excluding hydrogens is 283 g/mol. The van der Waals surface area contributed by atoms with Crippen LogP contribution in [0.1, 0.15) is 24.8 Å². The van der Waals surface area contributed by atoms with Crippen LogP contribution in [-0.4, -0.2) is 6.04 Å². The van der Waals surface area contributed by atoms with Crippen LogP contribution in [0, 0.1) is 0 Å².